The minimum Gasteiger partial charge on any atom is -0.461 e. The van der Waals surface area contributed by atoms with Crippen LogP contribution in [0.25, 0.3) is 16.7 Å². The van der Waals surface area contributed by atoms with Crippen LogP contribution >= 0.6 is 23.6 Å². The van der Waals surface area contributed by atoms with Gasteiger partial charge in [0.15, 0.2) is 15.3 Å². The molecule has 0 unspecified atom stereocenters. The van der Waals surface area contributed by atoms with Gasteiger partial charge in [0.1, 0.15) is 5.00 Å². The van der Waals surface area contributed by atoms with Gasteiger partial charge >= 0.3 is 5.97 Å². The molecule has 2 heterocycles. The normalized spacial score (nSPS) is 10.8. The summed E-state index contributed by atoms with van der Waals surface area (Å²) in [5.74, 6) is -0.528. The van der Waals surface area contributed by atoms with E-state index < -0.39 is 5.97 Å². The van der Waals surface area contributed by atoms with Gasteiger partial charge in [-0.2, -0.15) is 5.10 Å². The number of aromatic nitrogens is 3. The molecule has 0 aliphatic carbocycles. The van der Waals surface area contributed by atoms with Crippen LogP contribution in [0.1, 0.15) is 17.4 Å². The lowest BCUT2D eigenvalue weighted by Gasteiger charge is -2.01. The van der Waals surface area contributed by atoms with E-state index in [0.717, 1.165) is 17.0 Å². The fourth-order valence-corrected chi connectivity index (χ4v) is 3.05. The van der Waals surface area contributed by atoms with Crippen LogP contribution < -0.4 is 5.73 Å². The van der Waals surface area contributed by atoms with Crippen LogP contribution in [0.4, 0.5) is 5.00 Å². The van der Waals surface area contributed by atoms with E-state index in [4.69, 9.17) is 22.7 Å². The molecule has 6 nitrogen and oxygen atoms in total. The molecule has 3 aromatic rings. The number of esters is 1. The second-order valence-electron chi connectivity index (χ2n) is 4.36. The number of hydrogen-bond acceptors (Lipinski definition) is 7. The molecule has 0 saturated heterocycles. The topological polar surface area (TPSA) is 83.0 Å². The van der Waals surface area contributed by atoms with E-state index in [1.807, 2.05) is 30.3 Å². The Labute approximate surface area is 135 Å². The van der Waals surface area contributed by atoms with Crippen LogP contribution in [0.15, 0.2) is 30.3 Å². The number of carbonyl (C=O) groups excluding carboxylic acids is 1. The van der Waals surface area contributed by atoms with Crippen molar-refractivity contribution in [3.8, 4) is 5.69 Å². The van der Waals surface area contributed by atoms with Gasteiger partial charge in [0.05, 0.1) is 17.7 Å². The Balaban J connectivity index is 2.34. The molecule has 1 aromatic carbocycles. The molecule has 0 aliphatic heterocycles. The maximum absolute atomic E-state index is 12.1. The maximum Gasteiger partial charge on any atom is 0.359 e. The molecule has 0 aliphatic rings. The predicted octanol–water partition coefficient (Wildman–Crippen LogP) is 2.97. The number of para-hydroxylation sites is 1. The summed E-state index contributed by atoms with van der Waals surface area (Å²) in [4.78, 5) is 16.5. The van der Waals surface area contributed by atoms with Crippen molar-refractivity contribution in [3.05, 3.63) is 40.0 Å². The standard InChI is InChI=1S/C14H12N4O2S2/c1-2-20-13(19)10-9-11(15)22-14(21)16-12(9)18(17-10)8-6-4-3-5-7-8/h3-7H,2,15H2,1H3. The molecule has 0 bridgehead atoms. The Morgan fingerprint density at radius 3 is 2.82 bits per heavy atom. The van der Waals surface area contributed by atoms with Gasteiger partial charge in [0, 0.05) is 0 Å². The van der Waals surface area contributed by atoms with Gasteiger partial charge in [-0.05, 0) is 31.3 Å². The Kier molecular flexibility index (Phi) is 3.86. The van der Waals surface area contributed by atoms with E-state index >= 15 is 0 Å². The van der Waals surface area contributed by atoms with Gasteiger partial charge in [-0.1, -0.05) is 29.5 Å². The van der Waals surface area contributed by atoms with Crippen LogP contribution in [0.5, 0.6) is 0 Å². The Bertz CT molecular complexity index is 902. The van der Waals surface area contributed by atoms with Gasteiger partial charge in [-0.25, -0.2) is 14.5 Å². The first-order chi connectivity index (χ1) is 10.6. The number of rotatable bonds is 3. The number of benzene rings is 1. The highest BCUT2D eigenvalue weighted by atomic mass is 32.1. The minimum atomic E-state index is -0.528. The SMILES string of the molecule is CCOC(=O)c1nn(-c2ccccc2)c2nc(=S)sc(N)c12. The van der Waals surface area contributed by atoms with Crippen molar-refractivity contribution in [2.75, 3.05) is 12.3 Å². The highest BCUT2D eigenvalue weighted by molar-refractivity contribution is 7.73. The number of nitrogen functional groups attached to an aromatic ring is 1. The molecule has 8 heteroatoms. The molecular formula is C14H12N4O2S2. The molecule has 0 fully saturated rings. The van der Waals surface area contributed by atoms with Crippen LogP contribution in [0.2, 0.25) is 0 Å². The molecule has 2 aromatic heterocycles. The summed E-state index contributed by atoms with van der Waals surface area (Å²) in [7, 11) is 0. The van der Waals surface area contributed by atoms with E-state index in [2.05, 4.69) is 10.1 Å². The number of nitrogens with zero attached hydrogens (tertiary/aromatic N) is 3. The molecule has 3 rings (SSSR count). The third kappa shape index (κ3) is 2.46. The van der Waals surface area contributed by atoms with Crippen molar-refractivity contribution in [2.45, 2.75) is 6.92 Å². The smallest absolute Gasteiger partial charge is 0.359 e. The van der Waals surface area contributed by atoms with Gasteiger partial charge in [-0.3, -0.25) is 0 Å². The molecule has 112 valence electrons. The lowest BCUT2D eigenvalue weighted by Crippen LogP contribution is -2.07. The first kappa shape index (κ1) is 14.6. The lowest BCUT2D eigenvalue weighted by atomic mass is 10.3. The zero-order chi connectivity index (χ0) is 15.7. The van der Waals surface area contributed by atoms with E-state index in [-0.39, 0.29) is 12.3 Å². The predicted molar refractivity (Wildman–Crippen MR) is 87.9 cm³/mol. The quantitative estimate of drug-likeness (QED) is 0.586. The van der Waals surface area contributed by atoms with Gasteiger partial charge in [0.25, 0.3) is 0 Å². The summed E-state index contributed by atoms with van der Waals surface area (Å²) in [5, 5.41) is 5.22. The Hall–Kier alpha value is -2.32. The average molecular weight is 332 g/mol. The summed E-state index contributed by atoms with van der Waals surface area (Å²) in [6.45, 7) is 1.99. The van der Waals surface area contributed by atoms with Crippen molar-refractivity contribution >= 4 is 45.6 Å². The number of nitrogens with two attached hydrogens (primary N) is 1. The lowest BCUT2D eigenvalue weighted by molar-refractivity contribution is 0.0521. The first-order valence-corrected chi connectivity index (χ1v) is 7.76. The molecular weight excluding hydrogens is 320 g/mol. The van der Waals surface area contributed by atoms with Crippen molar-refractivity contribution in [2.24, 2.45) is 0 Å². The first-order valence-electron chi connectivity index (χ1n) is 6.53. The van der Waals surface area contributed by atoms with Crippen molar-refractivity contribution in [1.82, 2.24) is 14.8 Å². The van der Waals surface area contributed by atoms with Gasteiger partial charge in [0.2, 0.25) is 0 Å². The Morgan fingerprint density at radius 2 is 2.14 bits per heavy atom. The van der Waals surface area contributed by atoms with Gasteiger partial charge in [-0.15, -0.1) is 0 Å². The molecule has 0 amide bonds. The monoisotopic (exact) mass is 332 g/mol. The number of hydrogen-bond donors (Lipinski definition) is 1. The summed E-state index contributed by atoms with van der Waals surface area (Å²) in [6.07, 6.45) is 0. The summed E-state index contributed by atoms with van der Waals surface area (Å²) in [6, 6.07) is 9.36. The molecule has 22 heavy (non-hydrogen) atoms. The van der Waals surface area contributed by atoms with E-state index in [0.29, 0.717) is 20.0 Å². The molecule has 2 N–H and O–H groups in total. The second kappa shape index (κ2) is 5.82. The third-order valence-corrected chi connectivity index (χ3v) is 4.00. The van der Waals surface area contributed by atoms with Crippen LogP contribution in [-0.4, -0.2) is 27.3 Å². The number of ether oxygens (including phenoxy) is 1. The number of anilines is 1. The number of fused-ring (bicyclic) bond motifs is 1. The van der Waals surface area contributed by atoms with Crippen LogP contribution in [-0.2, 0) is 4.74 Å². The van der Waals surface area contributed by atoms with Gasteiger partial charge < -0.3 is 10.5 Å². The largest absolute Gasteiger partial charge is 0.461 e. The van der Waals surface area contributed by atoms with Crippen molar-refractivity contribution in [3.63, 3.8) is 0 Å². The summed E-state index contributed by atoms with van der Waals surface area (Å²) < 4.78 is 6.99. The third-order valence-electron chi connectivity index (χ3n) is 2.97. The molecule has 0 saturated carbocycles. The average Bonchev–Trinajstić information content (AvgIpc) is 2.88. The highest BCUT2D eigenvalue weighted by Crippen LogP contribution is 2.29. The number of carbonyl (C=O) groups is 1. The highest BCUT2D eigenvalue weighted by Gasteiger charge is 2.22. The van der Waals surface area contributed by atoms with Crippen molar-refractivity contribution in [1.29, 1.82) is 0 Å². The maximum atomic E-state index is 12.1. The van der Waals surface area contributed by atoms with E-state index in [9.17, 15) is 4.79 Å². The Morgan fingerprint density at radius 1 is 1.41 bits per heavy atom. The molecule has 0 spiro atoms. The van der Waals surface area contributed by atoms with E-state index in [1.54, 1.807) is 11.6 Å². The summed E-state index contributed by atoms with van der Waals surface area (Å²) >= 11 is 6.27. The van der Waals surface area contributed by atoms with E-state index in [1.165, 1.54) is 0 Å². The van der Waals surface area contributed by atoms with Crippen LogP contribution in [0.3, 0.4) is 0 Å². The zero-order valence-corrected chi connectivity index (χ0v) is 13.3. The van der Waals surface area contributed by atoms with Crippen molar-refractivity contribution < 1.29 is 9.53 Å². The summed E-state index contributed by atoms with van der Waals surface area (Å²) in [5.41, 5.74) is 7.40. The fraction of sp³-hybridized carbons (Fsp3) is 0.143. The molecule has 0 atom stereocenters. The zero-order valence-electron chi connectivity index (χ0n) is 11.6. The fourth-order valence-electron chi connectivity index (χ4n) is 2.09. The van der Waals surface area contributed by atoms with Crippen LogP contribution in [0, 0.1) is 3.95 Å². The minimum absolute atomic E-state index is 0.150. The second-order valence-corrected chi connectivity index (χ2v) is 6.03. The molecule has 0 radical (unpaired) electrons.